The molecule has 0 spiro atoms. The van der Waals surface area contributed by atoms with E-state index in [1.807, 2.05) is 0 Å². The molecule has 0 N–H and O–H groups in total. The normalized spacial score (nSPS) is 11.7. The smallest absolute Gasteiger partial charge is 0.745 e. The van der Waals surface area contributed by atoms with Crippen LogP contribution < -0.4 is 37.7 Å². The molecule has 0 fully saturated rings. The number of ether oxygens (including phenoxy) is 1. The van der Waals surface area contributed by atoms with E-state index >= 15 is 0 Å². The third kappa shape index (κ3) is 6.97. The second kappa shape index (κ2) is 6.46. The average Bonchev–Trinajstić information content (AvgIpc) is 1.56. The molecular weight excluding hydrogens is 214 g/mol. The van der Waals surface area contributed by atoms with Gasteiger partial charge in [0.25, 0.3) is 0 Å². The minimum atomic E-state index is -5.25. The van der Waals surface area contributed by atoms with Gasteiger partial charge in [0.2, 0.25) is 4.77 Å². The van der Waals surface area contributed by atoms with Crippen LogP contribution in [0, 0.1) is 0 Å². The van der Waals surface area contributed by atoms with Crippen LogP contribution in [0.2, 0.25) is 0 Å². The maximum absolute atomic E-state index is 9.95. The van der Waals surface area contributed by atoms with Gasteiger partial charge >= 0.3 is 37.7 Å². The topological polar surface area (TPSA) is 124 Å². The maximum atomic E-state index is 9.95. The van der Waals surface area contributed by atoms with Gasteiger partial charge in [0.05, 0.1) is 0 Å². The predicted octanol–water partition coefficient (Wildman–Crippen LogP) is -7.99. The molecule has 0 saturated carbocycles. The van der Waals surface area contributed by atoms with Crippen molar-refractivity contribution in [3.05, 3.63) is 0 Å². The Labute approximate surface area is 100 Å². The van der Waals surface area contributed by atoms with Gasteiger partial charge in [0.15, 0.2) is 0 Å². The van der Waals surface area contributed by atoms with Gasteiger partial charge in [-0.15, -0.1) is 0 Å². The molecule has 7 nitrogen and oxygen atoms in total. The molecular formula is C2H4Li2O7S2. The predicted molar refractivity (Wildman–Crippen MR) is 30.2 cm³/mol. The van der Waals surface area contributed by atoms with Crippen molar-refractivity contribution < 1.29 is 68.4 Å². The molecule has 68 valence electrons. The van der Waals surface area contributed by atoms with E-state index in [0.717, 1.165) is 0 Å². The van der Waals surface area contributed by atoms with Gasteiger partial charge < -0.3 is 13.8 Å². The molecule has 0 heterocycles. The molecule has 0 aromatic heterocycles. The Balaban J connectivity index is -0.000000500. The monoisotopic (exact) mass is 218 g/mol. The molecule has 0 aliphatic rings. The van der Waals surface area contributed by atoms with Crippen LogP contribution in [0.4, 0.5) is 0 Å². The zero-order chi connectivity index (χ0) is 9.28. The van der Waals surface area contributed by atoms with Crippen LogP contribution >= 0.6 is 0 Å². The Bertz CT molecular complexity index is 284. The van der Waals surface area contributed by atoms with Crippen molar-refractivity contribution >= 4 is 20.2 Å². The first-order valence-corrected chi connectivity index (χ1v) is 5.06. The number of hydrogen-bond donors (Lipinski definition) is 0. The Morgan fingerprint density at radius 1 is 1.00 bits per heavy atom. The summed E-state index contributed by atoms with van der Waals surface area (Å²) in [5.74, 6) is 0. The SMILES string of the molecule is COC(S(=O)(=O)[O-])S(=O)(=O)[O-].[Li+].[Li+]. The zero-order valence-electron chi connectivity index (χ0n) is 7.25. The summed E-state index contributed by atoms with van der Waals surface area (Å²) >= 11 is 0. The molecule has 0 rings (SSSR count). The van der Waals surface area contributed by atoms with Crippen molar-refractivity contribution in [2.24, 2.45) is 0 Å². The van der Waals surface area contributed by atoms with Crippen LogP contribution in [0.15, 0.2) is 0 Å². The average molecular weight is 218 g/mol. The summed E-state index contributed by atoms with van der Waals surface area (Å²) in [5, 5.41) is 0. The third-order valence-electron chi connectivity index (χ3n) is 0.664. The molecule has 0 aromatic carbocycles. The van der Waals surface area contributed by atoms with E-state index in [4.69, 9.17) is 0 Å². The number of hydrogen-bond acceptors (Lipinski definition) is 7. The first-order valence-electron chi connectivity index (χ1n) is 2.12. The molecule has 0 unspecified atom stereocenters. The van der Waals surface area contributed by atoms with E-state index in [2.05, 4.69) is 4.74 Å². The Kier molecular flexibility index (Phi) is 9.70. The van der Waals surface area contributed by atoms with Crippen LogP contribution in [-0.2, 0) is 25.0 Å². The van der Waals surface area contributed by atoms with Crippen molar-refractivity contribution in [1.82, 2.24) is 0 Å². The van der Waals surface area contributed by atoms with Gasteiger partial charge in [-0.1, -0.05) is 0 Å². The van der Waals surface area contributed by atoms with Gasteiger partial charge in [-0.2, -0.15) is 0 Å². The first-order chi connectivity index (χ1) is 4.69. The fraction of sp³-hybridized carbons (Fsp3) is 1.00. The molecule has 0 aliphatic heterocycles. The minimum Gasteiger partial charge on any atom is -0.745 e. The second-order valence-electron chi connectivity index (χ2n) is 1.51. The summed E-state index contributed by atoms with van der Waals surface area (Å²) in [6.45, 7) is 0. The molecule has 0 aliphatic carbocycles. The van der Waals surface area contributed by atoms with Crippen LogP contribution in [0.5, 0.6) is 0 Å². The van der Waals surface area contributed by atoms with Gasteiger partial charge in [0, 0.05) is 7.11 Å². The van der Waals surface area contributed by atoms with Crippen molar-refractivity contribution in [3.63, 3.8) is 0 Å². The first kappa shape index (κ1) is 19.5. The fourth-order valence-corrected chi connectivity index (χ4v) is 2.01. The second-order valence-corrected chi connectivity index (χ2v) is 4.64. The molecule has 0 atom stereocenters. The molecule has 0 amide bonds. The largest absolute Gasteiger partial charge is 1.00 e. The van der Waals surface area contributed by atoms with Gasteiger partial charge in [-0.25, -0.2) is 16.8 Å². The maximum Gasteiger partial charge on any atom is 1.00 e. The summed E-state index contributed by atoms with van der Waals surface area (Å²) in [5.41, 5.74) is 0. The van der Waals surface area contributed by atoms with E-state index in [0.29, 0.717) is 7.11 Å². The van der Waals surface area contributed by atoms with E-state index in [1.165, 1.54) is 0 Å². The fourth-order valence-electron chi connectivity index (χ4n) is 0.380. The summed E-state index contributed by atoms with van der Waals surface area (Å²) in [6, 6.07) is 0. The third-order valence-corrected chi connectivity index (χ3v) is 3.41. The Morgan fingerprint density at radius 3 is 1.23 bits per heavy atom. The van der Waals surface area contributed by atoms with Crippen LogP contribution in [0.25, 0.3) is 0 Å². The number of rotatable bonds is 3. The van der Waals surface area contributed by atoms with E-state index in [-0.39, 0.29) is 37.7 Å². The summed E-state index contributed by atoms with van der Waals surface area (Å²) in [6.07, 6.45) is 0. The summed E-state index contributed by atoms with van der Waals surface area (Å²) in [7, 11) is -9.86. The molecule has 0 saturated heterocycles. The van der Waals surface area contributed by atoms with Gasteiger partial charge in [-0.05, 0) is 0 Å². The van der Waals surface area contributed by atoms with Crippen molar-refractivity contribution in [3.8, 4) is 0 Å². The van der Waals surface area contributed by atoms with Crippen molar-refractivity contribution in [1.29, 1.82) is 0 Å². The van der Waals surface area contributed by atoms with E-state index in [9.17, 15) is 25.9 Å². The van der Waals surface area contributed by atoms with Crippen molar-refractivity contribution in [2.45, 2.75) is 4.77 Å². The minimum absolute atomic E-state index is 0. The molecule has 11 heteroatoms. The summed E-state index contributed by atoms with van der Waals surface area (Å²) in [4.78, 5) is 0. The van der Waals surface area contributed by atoms with Crippen LogP contribution in [0.3, 0.4) is 0 Å². The van der Waals surface area contributed by atoms with Crippen LogP contribution in [-0.4, -0.2) is 37.8 Å². The molecule has 0 radical (unpaired) electrons. The molecule has 0 aromatic rings. The van der Waals surface area contributed by atoms with E-state index in [1.54, 1.807) is 0 Å². The molecule has 0 bridgehead atoms. The van der Waals surface area contributed by atoms with Crippen molar-refractivity contribution in [2.75, 3.05) is 7.11 Å². The van der Waals surface area contributed by atoms with Gasteiger partial charge in [-0.3, -0.25) is 0 Å². The Morgan fingerprint density at radius 2 is 1.23 bits per heavy atom. The summed E-state index contributed by atoms with van der Waals surface area (Å²) < 4.78 is 60.5. The van der Waals surface area contributed by atoms with Crippen LogP contribution in [0.1, 0.15) is 0 Å². The standard InChI is InChI=1S/C2H6O7S2.2Li/c1-9-2(10(3,4)5)11(6,7)8;;/h2H,1H3,(H,3,4,5)(H,6,7,8);;/q;2*+1/p-2. The van der Waals surface area contributed by atoms with E-state index < -0.39 is 25.0 Å². The zero-order valence-corrected chi connectivity index (χ0v) is 8.88. The quantitative estimate of drug-likeness (QED) is 0.340. The molecule has 13 heavy (non-hydrogen) atoms. The van der Waals surface area contributed by atoms with Gasteiger partial charge in [0.1, 0.15) is 20.2 Å². The Hall–Kier alpha value is 0.975. The number of methoxy groups -OCH3 is 1.